The zero-order valence-electron chi connectivity index (χ0n) is 22.3. The van der Waals surface area contributed by atoms with Gasteiger partial charge in [0, 0.05) is 17.5 Å². The van der Waals surface area contributed by atoms with Gasteiger partial charge in [0.25, 0.3) is 0 Å². The van der Waals surface area contributed by atoms with E-state index in [2.05, 4.69) is 6.92 Å². The minimum absolute atomic E-state index is 0.129. The molecule has 2 aromatic carbocycles. The van der Waals surface area contributed by atoms with E-state index >= 15 is 0 Å². The Morgan fingerprint density at radius 3 is 2.51 bits per heavy atom. The first-order chi connectivity index (χ1) is 18.8. The van der Waals surface area contributed by atoms with Crippen molar-refractivity contribution in [2.24, 2.45) is 11.8 Å². The molecule has 2 heterocycles. The number of hydrogen-bond donors (Lipinski definition) is 2. The largest absolute Gasteiger partial charge is 0.497 e. The number of ether oxygens (including phenoxy) is 3. The average molecular weight is 532 g/mol. The lowest BCUT2D eigenvalue weighted by atomic mass is 9.78. The maximum absolute atomic E-state index is 13.1. The minimum atomic E-state index is -0.941. The number of carbonyl (C=O) groups is 2. The van der Waals surface area contributed by atoms with Crippen LogP contribution in [0.5, 0.6) is 17.2 Å². The van der Waals surface area contributed by atoms with Crippen molar-refractivity contribution in [3.8, 4) is 17.2 Å². The Bertz CT molecular complexity index is 1400. The highest BCUT2D eigenvalue weighted by molar-refractivity contribution is 5.78. The van der Waals surface area contributed by atoms with Crippen LogP contribution in [0.4, 0.5) is 0 Å². The molecule has 1 aliphatic carbocycles. The van der Waals surface area contributed by atoms with Gasteiger partial charge in [0.15, 0.2) is 11.5 Å². The number of carboxylic acid groups (broad SMARTS) is 2. The molecule has 8 nitrogen and oxygen atoms in total. The van der Waals surface area contributed by atoms with Gasteiger partial charge in [-0.05, 0) is 71.8 Å². The molecule has 0 radical (unpaired) electrons. The summed E-state index contributed by atoms with van der Waals surface area (Å²) in [5.41, 5.74) is 4.84. The molecule has 1 aromatic heterocycles. The zero-order chi connectivity index (χ0) is 27.7. The summed E-state index contributed by atoms with van der Waals surface area (Å²) >= 11 is 0. The van der Waals surface area contributed by atoms with Crippen molar-refractivity contribution in [1.29, 1.82) is 0 Å². The number of pyridine rings is 1. The number of methoxy groups -OCH3 is 1. The summed E-state index contributed by atoms with van der Waals surface area (Å²) in [6, 6.07) is 15.1. The van der Waals surface area contributed by atoms with Gasteiger partial charge in [0.05, 0.1) is 24.6 Å². The monoisotopic (exact) mass is 531 g/mol. The lowest BCUT2D eigenvalue weighted by Gasteiger charge is -2.25. The van der Waals surface area contributed by atoms with Crippen LogP contribution in [-0.4, -0.2) is 41.0 Å². The number of nitrogens with zero attached hydrogens (tertiary/aromatic N) is 1. The molecule has 0 saturated carbocycles. The molecule has 2 aliphatic rings. The molecule has 0 bridgehead atoms. The molecule has 204 valence electrons. The van der Waals surface area contributed by atoms with Crippen LogP contribution in [-0.2, 0) is 22.4 Å². The van der Waals surface area contributed by atoms with E-state index < -0.39 is 35.6 Å². The summed E-state index contributed by atoms with van der Waals surface area (Å²) in [6.45, 7) is 3.91. The summed E-state index contributed by atoms with van der Waals surface area (Å²) in [5, 5.41) is 20.4. The zero-order valence-corrected chi connectivity index (χ0v) is 22.3. The lowest BCUT2D eigenvalue weighted by Crippen LogP contribution is -2.25. The molecule has 8 heteroatoms. The topological polar surface area (TPSA) is 115 Å². The van der Waals surface area contributed by atoms with Crippen LogP contribution in [0, 0.1) is 11.8 Å². The van der Waals surface area contributed by atoms with E-state index in [-0.39, 0.29) is 13.2 Å². The predicted octanol–water partition coefficient (Wildman–Crippen LogP) is 5.40. The smallest absolute Gasteiger partial charge is 0.308 e. The second-order valence-electron chi connectivity index (χ2n) is 10.3. The highest BCUT2D eigenvalue weighted by Gasteiger charge is 2.48. The Labute approximate surface area is 227 Å². The van der Waals surface area contributed by atoms with Crippen LogP contribution in [0.2, 0.25) is 0 Å². The molecule has 0 spiro atoms. The number of hydrogen-bond acceptors (Lipinski definition) is 6. The molecule has 0 amide bonds. The van der Waals surface area contributed by atoms with Crippen molar-refractivity contribution in [3.63, 3.8) is 0 Å². The van der Waals surface area contributed by atoms with Crippen molar-refractivity contribution in [3.05, 3.63) is 82.2 Å². The quantitative estimate of drug-likeness (QED) is 0.357. The van der Waals surface area contributed by atoms with Gasteiger partial charge in [-0.3, -0.25) is 14.6 Å². The molecule has 4 atom stereocenters. The molecular formula is C31H33NO7. The first kappa shape index (κ1) is 26.5. The second kappa shape index (κ2) is 11.0. The van der Waals surface area contributed by atoms with Gasteiger partial charge < -0.3 is 24.4 Å². The van der Waals surface area contributed by atoms with Crippen LogP contribution >= 0.6 is 0 Å². The Kier molecular flexibility index (Phi) is 7.46. The number of fused-ring (bicyclic) bond motifs is 2. The van der Waals surface area contributed by atoms with E-state index in [9.17, 15) is 19.8 Å². The highest BCUT2D eigenvalue weighted by atomic mass is 16.7. The lowest BCUT2D eigenvalue weighted by molar-refractivity contribution is -0.143. The third-order valence-corrected chi connectivity index (χ3v) is 7.82. The van der Waals surface area contributed by atoms with E-state index in [1.165, 1.54) is 0 Å². The first-order valence-electron chi connectivity index (χ1n) is 13.3. The van der Waals surface area contributed by atoms with Crippen LogP contribution in [0.3, 0.4) is 0 Å². The number of carboxylic acids is 2. The minimum Gasteiger partial charge on any atom is -0.497 e. The molecule has 4 unspecified atom stereocenters. The van der Waals surface area contributed by atoms with E-state index in [0.29, 0.717) is 17.2 Å². The standard InChI is InChI=1S/C31H33NO7/c1-4-5-6-20-8-10-23-26(18-7-12-24-25(15-18)39-16-38-24)28(31(35)36)27(29(23)32-20)22-11-9-21(37-3)14-19(22)13-17(2)30(33)34/h7-12,14-15,17,26-28H,4-6,13,16H2,1-3H3,(H,33,34)(H,35,36). The summed E-state index contributed by atoms with van der Waals surface area (Å²) in [5.74, 6) is -2.60. The average Bonchev–Trinajstić information content (AvgIpc) is 3.53. The normalized spacial score (nSPS) is 19.9. The van der Waals surface area contributed by atoms with Gasteiger partial charge in [0.1, 0.15) is 5.75 Å². The third kappa shape index (κ3) is 5.03. The first-order valence-corrected chi connectivity index (χ1v) is 13.3. The van der Waals surface area contributed by atoms with Crippen LogP contribution < -0.4 is 14.2 Å². The Balaban J connectivity index is 1.70. The number of aromatic nitrogens is 1. The van der Waals surface area contributed by atoms with Crippen molar-refractivity contribution in [2.75, 3.05) is 13.9 Å². The molecule has 2 N–H and O–H groups in total. The molecule has 5 rings (SSSR count). The van der Waals surface area contributed by atoms with Crippen molar-refractivity contribution in [1.82, 2.24) is 4.98 Å². The fourth-order valence-electron chi connectivity index (χ4n) is 5.82. The van der Waals surface area contributed by atoms with Gasteiger partial charge in [-0.2, -0.15) is 0 Å². The summed E-state index contributed by atoms with van der Waals surface area (Å²) < 4.78 is 16.5. The third-order valence-electron chi connectivity index (χ3n) is 7.82. The maximum Gasteiger partial charge on any atom is 0.308 e. The highest BCUT2D eigenvalue weighted by Crippen LogP contribution is 2.54. The fraction of sp³-hybridized carbons (Fsp3) is 0.387. The van der Waals surface area contributed by atoms with Crippen LogP contribution in [0.15, 0.2) is 48.5 Å². The van der Waals surface area contributed by atoms with Crippen LogP contribution in [0.25, 0.3) is 0 Å². The summed E-state index contributed by atoms with van der Waals surface area (Å²) in [7, 11) is 1.56. The SMILES string of the molecule is CCCCc1ccc2c(n1)C(c1ccc(OC)cc1CC(C)C(=O)O)C(C(=O)O)C2c1ccc2c(c1)OCO2. The molecule has 3 aromatic rings. The van der Waals surface area contributed by atoms with E-state index in [1.54, 1.807) is 20.1 Å². The number of unbranched alkanes of at least 4 members (excludes halogenated alkanes) is 1. The maximum atomic E-state index is 13.1. The Morgan fingerprint density at radius 2 is 1.79 bits per heavy atom. The van der Waals surface area contributed by atoms with Crippen LogP contribution in [0.1, 0.15) is 72.2 Å². The Morgan fingerprint density at radius 1 is 1.03 bits per heavy atom. The number of benzene rings is 2. The van der Waals surface area contributed by atoms with Crippen molar-refractivity contribution < 1.29 is 34.0 Å². The molecule has 39 heavy (non-hydrogen) atoms. The second-order valence-corrected chi connectivity index (χ2v) is 10.3. The van der Waals surface area contributed by atoms with Gasteiger partial charge in [-0.1, -0.05) is 38.5 Å². The van der Waals surface area contributed by atoms with Gasteiger partial charge in [-0.15, -0.1) is 0 Å². The Hall–Kier alpha value is -4.07. The van der Waals surface area contributed by atoms with Gasteiger partial charge in [0.2, 0.25) is 6.79 Å². The molecule has 0 saturated heterocycles. The number of aliphatic carboxylic acids is 2. The van der Waals surface area contributed by atoms with Gasteiger partial charge >= 0.3 is 11.9 Å². The van der Waals surface area contributed by atoms with E-state index in [1.807, 2.05) is 42.5 Å². The van der Waals surface area contributed by atoms with Crippen molar-refractivity contribution >= 4 is 11.9 Å². The fourth-order valence-corrected chi connectivity index (χ4v) is 5.82. The molecule has 1 aliphatic heterocycles. The summed E-state index contributed by atoms with van der Waals surface area (Å²) in [6.07, 6.45) is 3.04. The summed E-state index contributed by atoms with van der Waals surface area (Å²) in [4.78, 5) is 29.9. The van der Waals surface area contributed by atoms with E-state index in [4.69, 9.17) is 19.2 Å². The number of rotatable bonds is 10. The van der Waals surface area contributed by atoms with Crippen molar-refractivity contribution in [2.45, 2.75) is 51.4 Å². The van der Waals surface area contributed by atoms with E-state index in [0.717, 1.165) is 52.9 Å². The van der Waals surface area contributed by atoms with Gasteiger partial charge in [-0.25, -0.2) is 0 Å². The predicted molar refractivity (Wildman–Crippen MR) is 144 cm³/mol. The number of aryl methyl sites for hydroxylation is 1. The molecular weight excluding hydrogens is 498 g/mol. The molecule has 0 fully saturated rings.